The maximum absolute atomic E-state index is 12.3. The largest absolute Gasteiger partial charge is 0.443 e. The lowest BCUT2D eigenvalue weighted by molar-refractivity contribution is 0.0342. The van der Waals surface area contributed by atoms with E-state index >= 15 is 0 Å². The Labute approximate surface area is 134 Å². The van der Waals surface area contributed by atoms with Gasteiger partial charge >= 0.3 is 16.4 Å². The highest BCUT2D eigenvalue weighted by Crippen LogP contribution is 2.48. The molecule has 0 spiro atoms. The van der Waals surface area contributed by atoms with E-state index in [0.717, 1.165) is 5.56 Å². The Morgan fingerprint density at radius 1 is 1.41 bits per heavy atom. The molecule has 1 aliphatic carbocycles. The molecule has 0 aromatic heterocycles. The van der Waals surface area contributed by atoms with E-state index in [-0.39, 0.29) is 0 Å². The van der Waals surface area contributed by atoms with Gasteiger partial charge in [-0.3, -0.25) is 0 Å². The molecule has 2 atom stereocenters. The van der Waals surface area contributed by atoms with E-state index in [9.17, 15) is 13.2 Å². The number of nitrogens with zero attached hydrogens (tertiary/aromatic N) is 1. The molecule has 1 aromatic carbocycles. The van der Waals surface area contributed by atoms with E-state index in [0.29, 0.717) is 21.3 Å². The zero-order valence-corrected chi connectivity index (χ0v) is 13.9. The third-order valence-electron chi connectivity index (χ3n) is 3.52. The first-order chi connectivity index (χ1) is 10.1. The van der Waals surface area contributed by atoms with Crippen molar-refractivity contribution in [3.63, 3.8) is 0 Å². The summed E-state index contributed by atoms with van der Waals surface area (Å²) in [6.45, 7) is 5.00. The van der Waals surface area contributed by atoms with Crippen LogP contribution < -0.4 is 0 Å². The van der Waals surface area contributed by atoms with Gasteiger partial charge in [0, 0.05) is 17.0 Å². The minimum atomic E-state index is -4.18. The molecule has 1 fully saturated rings. The van der Waals surface area contributed by atoms with Crippen molar-refractivity contribution >= 4 is 28.0 Å². The van der Waals surface area contributed by atoms with Gasteiger partial charge in [-0.2, -0.15) is 12.7 Å². The monoisotopic (exact) mass is 345 g/mol. The minimum Gasteiger partial charge on any atom is -0.443 e. The number of benzene rings is 1. The summed E-state index contributed by atoms with van der Waals surface area (Å²) in [6.07, 6.45) is -1.22. The number of rotatable bonds is 0. The molecule has 0 radical (unpaired) electrons. The summed E-state index contributed by atoms with van der Waals surface area (Å²) in [4.78, 5) is 12.3. The van der Waals surface area contributed by atoms with Gasteiger partial charge in [-0.05, 0) is 32.4 Å². The predicted octanol–water partition coefficient (Wildman–Crippen LogP) is 2.82. The van der Waals surface area contributed by atoms with E-state index in [2.05, 4.69) is 0 Å². The van der Waals surface area contributed by atoms with Crippen LogP contribution in [0.5, 0.6) is 0 Å². The van der Waals surface area contributed by atoms with Gasteiger partial charge in [0.2, 0.25) is 0 Å². The van der Waals surface area contributed by atoms with E-state index in [4.69, 9.17) is 20.5 Å². The lowest BCUT2D eigenvalue weighted by atomic mass is 10.1. The molecule has 1 aliphatic heterocycles. The molecule has 0 unspecified atom stereocenters. The Morgan fingerprint density at radius 2 is 2.09 bits per heavy atom. The molecule has 2 aliphatic rings. The normalized spacial score (nSPS) is 25.7. The first kappa shape index (κ1) is 15.6. The van der Waals surface area contributed by atoms with Gasteiger partial charge < -0.3 is 4.74 Å². The number of hydrogen-bond acceptors (Lipinski definition) is 5. The SMILES string of the molecule is CC(C)(C)OC(=O)N1[C@@H]2c3c(Cl)cccc3C[C@@H]2OS1(=O)=O. The topological polar surface area (TPSA) is 72.9 Å². The van der Waals surface area contributed by atoms with Crippen LogP contribution in [0.4, 0.5) is 4.79 Å². The van der Waals surface area contributed by atoms with Crippen LogP contribution in [0, 0.1) is 0 Å². The number of ether oxygens (including phenoxy) is 1. The van der Waals surface area contributed by atoms with Crippen molar-refractivity contribution in [3.8, 4) is 0 Å². The molecule has 0 saturated carbocycles. The molecule has 22 heavy (non-hydrogen) atoms. The van der Waals surface area contributed by atoms with Crippen molar-refractivity contribution < 1.29 is 22.1 Å². The Morgan fingerprint density at radius 3 is 2.73 bits per heavy atom. The summed E-state index contributed by atoms with van der Waals surface area (Å²) in [7, 11) is -4.18. The first-order valence-corrected chi connectivity index (χ1v) is 8.57. The molecule has 8 heteroatoms. The Bertz CT molecular complexity index is 740. The van der Waals surface area contributed by atoms with Gasteiger partial charge in [0.1, 0.15) is 17.7 Å². The van der Waals surface area contributed by atoms with Crippen molar-refractivity contribution in [2.24, 2.45) is 0 Å². The standard InChI is InChI=1S/C14H16ClNO5S/c1-14(2,3)20-13(17)16-12-10(21-22(16,18)19)7-8-5-4-6-9(15)11(8)12/h4-6,10,12H,7H2,1-3H3/t10-,12-/m0/s1. The van der Waals surface area contributed by atoms with Crippen molar-refractivity contribution in [3.05, 3.63) is 34.3 Å². The van der Waals surface area contributed by atoms with Gasteiger partial charge in [-0.25, -0.2) is 8.98 Å². The van der Waals surface area contributed by atoms with Gasteiger partial charge in [0.05, 0.1) is 0 Å². The Hall–Kier alpha value is -1.31. The Kier molecular flexibility index (Phi) is 3.43. The molecule has 6 nitrogen and oxygen atoms in total. The molecule has 0 N–H and O–H groups in total. The molecule has 1 heterocycles. The van der Waals surface area contributed by atoms with Crippen molar-refractivity contribution in [2.75, 3.05) is 0 Å². The highest BCUT2D eigenvalue weighted by atomic mass is 35.5. The van der Waals surface area contributed by atoms with Crippen LogP contribution >= 0.6 is 11.6 Å². The second-order valence-electron chi connectivity index (χ2n) is 6.33. The fraction of sp³-hybridized carbons (Fsp3) is 0.500. The second kappa shape index (κ2) is 4.84. The van der Waals surface area contributed by atoms with Crippen LogP contribution in [0.15, 0.2) is 18.2 Å². The third-order valence-corrected chi connectivity index (χ3v) is 5.20. The number of halogens is 1. The van der Waals surface area contributed by atoms with E-state index in [1.807, 2.05) is 6.07 Å². The van der Waals surface area contributed by atoms with Gasteiger partial charge in [-0.15, -0.1) is 0 Å². The molecule has 3 rings (SSSR count). The summed E-state index contributed by atoms with van der Waals surface area (Å²) < 4.78 is 35.3. The lowest BCUT2D eigenvalue weighted by Crippen LogP contribution is -2.39. The number of carbonyl (C=O) groups is 1. The van der Waals surface area contributed by atoms with Crippen molar-refractivity contribution in [1.29, 1.82) is 0 Å². The average Bonchev–Trinajstić information content (AvgIpc) is 2.76. The van der Waals surface area contributed by atoms with Gasteiger partial charge in [-0.1, -0.05) is 23.7 Å². The van der Waals surface area contributed by atoms with Crippen LogP contribution in [-0.2, 0) is 25.6 Å². The van der Waals surface area contributed by atoms with E-state index < -0.39 is 34.1 Å². The summed E-state index contributed by atoms with van der Waals surface area (Å²) in [6, 6.07) is 4.53. The summed E-state index contributed by atoms with van der Waals surface area (Å²) in [5.74, 6) is 0. The molecule has 1 amide bonds. The van der Waals surface area contributed by atoms with Crippen molar-refractivity contribution in [2.45, 2.75) is 44.9 Å². The first-order valence-electron chi connectivity index (χ1n) is 6.83. The summed E-state index contributed by atoms with van der Waals surface area (Å²) in [5.41, 5.74) is 0.680. The molecular weight excluding hydrogens is 330 g/mol. The maximum atomic E-state index is 12.3. The molecule has 0 bridgehead atoms. The summed E-state index contributed by atoms with van der Waals surface area (Å²) >= 11 is 6.20. The maximum Gasteiger partial charge on any atom is 0.426 e. The number of fused-ring (bicyclic) bond motifs is 3. The molecule has 1 saturated heterocycles. The molecular formula is C14H16ClNO5S. The fourth-order valence-electron chi connectivity index (χ4n) is 2.81. The van der Waals surface area contributed by atoms with Gasteiger partial charge in [0.25, 0.3) is 0 Å². The summed E-state index contributed by atoms with van der Waals surface area (Å²) in [5, 5.41) is 0.416. The van der Waals surface area contributed by atoms with Gasteiger partial charge in [0.15, 0.2) is 0 Å². The van der Waals surface area contributed by atoms with Crippen molar-refractivity contribution in [1.82, 2.24) is 4.31 Å². The minimum absolute atomic E-state index is 0.388. The predicted molar refractivity (Wildman–Crippen MR) is 79.8 cm³/mol. The fourth-order valence-corrected chi connectivity index (χ4v) is 4.44. The number of carbonyl (C=O) groups excluding carboxylic acids is 1. The zero-order valence-electron chi connectivity index (χ0n) is 12.4. The second-order valence-corrected chi connectivity index (χ2v) is 8.18. The van der Waals surface area contributed by atoms with E-state index in [1.165, 1.54) is 0 Å². The quantitative estimate of drug-likeness (QED) is 0.723. The zero-order chi connectivity index (χ0) is 16.3. The number of hydrogen-bond donors (Lipinski definition) is 0. The highest BCUT2D eigenvalue weighted by molar-refractivity contribution is 7.85. The van der Waals surface area contributed by atoms with Crippen LogP contribution in [0.3, 0.4) is 0 Å². The number of amides is 1. The smallest absolute Gasteiger partial charge is 0.426 e. The van der Waals surface area contributed by atoms with Crippen LogP contribution in [0.1, 0.15) is 37.9 Å². The molecule has 120 valence electrons. The van der Waals surface area contributed by atoms with Crippen LogP contribution in [0.25, 0.3) is 0 Å². The third kappa shape index (κ3) is 2.47. The van der Waals surface area contributed by atoms with Crippen LogP contribution in [0.2, 0.25) is 5.02 Å². The van der Waals surface area contributed by atoms with Crippen LogP contribution in [-0.4, -0.2) is 30.5 Å². The Balaban J connectivity index is 2.05. The molecule has 1 aromatic rings. The average molecular weight is 346 g/mol. The van der Waals surface area contributed by atoms with E-state index in [1.54, 1.807) is 32.9 Å². The highest BCUT2D eigenvalue weighted by Gasteiger charge is 2.55. The lowest BCUT2D eigenvalue weighted by Gasteiger charge is -2.26.